The van der Waals surface area contributed by atoms with E-state index in [9.17, 15) is 9.59 Å². The molecule has 0 saturated heterocycles. The number of rotatable bonds is 7. The molecule has 6 heteroatoms. The number of nitrogens with one attached hydrogen (secondary N) is 2. The van der Waals surface area contributed by atoms with Crippen molar-refractivity contribution in [2.75, 3.05) is 11.1 Å². The first-order chi connectivity index (χ1) is 14.7. The topological polar surface area (TPSA) is 82.0 Å². The highest BCUT2D eigenvalue weighted by atomic mass is 32.2. The van der Waals surface area contributed by atoms with E-state index in [1.807, 2.05) is 42.5 Å². The fraction of sp³-hybridized carbons (Fsp3) is 0.0417. The molecule has 0 aromatic heterocycles. The molecule has 0 bridgehead atoms. The molecule has 3 aromatic carbocycles. The fourth-order valence-corrected chi connectivity index (χ4v) is 3.25. The lowest BCUT2D eigenvalue weighted by molar-refractivity contribution is -0.113. The summed E-state index contributed by atoms with van der Waals surface area (Å²) in [4.78, 5) is 26.4. The summed E-state index contributed by atoms with van der Waals surface area (Å²) in [5.74, 6) is -0.485. The first-order valence-corrected chi connectivity index (χ1v) is 10.2. The molecule has 0 aliphatic heterocycles. The quantitative estimate of drug-likeness (QED) is 0.434. The van der Waals surface area contributed by atoms with Crippen molar-refractivity contribution in [1.29, 1.82) is 5.26 Å². The maximum absolute atomic E-state index is 13.0. The molecule has 0 heterocycles. The van der Waals surface area contributed by atoms with E-state index in [1.54, 1.807) is 48.5 Å². The number of carbonyl (C=O) groups excluding carboxylic acids is 2. The van der Waals surface area contributed by atoms with Crippen LogP contribution in [-0.4, -0.2) is 17.6 Å². The van der Waals surface area contributed by atoms with Crippen LogP contribution >= 0.6 is 11.8 Å². The van der Waals surface area contributed by atoms with Gasteiger partial charge < -0.3 is 10.6 Å². The van der Waals surface area contributed by atoms with E-state index in [2.05, 4.69) is 16.7 Å². The Labute approximate surface area is 179 Å². The van der Waals surface area contributed by atoms with E-state index in [4.69, 9.17) is 5.26 Å². The Kier molecular flexibility index (Phi) is 7.42. The zero-order chi connectivity index (χ0) is 21.2. The van der Waals surface area contributed by atoms with Crippen molar-refractivity contribution in [2.24, 2.45) is 0 Å². The van der Waals surface area contributed by atoms with Gasteiger partial charge in [-0.1, -0.05) is 54.6 Å². The number of carbonyl (C=O) groups is 2. The molecule has 0 spiro atoms. The summed E-state index contributed by atoms with van der Waals surface area (Å²) in [6, 6.07) is 27.3. The first-order valence-electron chi connectivity index (χ1n) is 9.20. The minimum Gasteiger partial charge on any atom is -0.321 e. The van der Waals surface area contributed by atoms with Crippen molar-refractivity contribution in [3.05, 3.63) is 102 Å². The Morgan fingerprint density at radius 3 is 2.33 bits per heavy atom. The van der Waals surface area contributed by atoms with Crippen LogP contribution in [0.5, 0.6) is 0 Å². The Morgan fingerprint density at radius 2 is 1.63 bits per heavy atom. The molecule has 148 valence electrons. The third kappa shape index (κ3) is 6.09. The van der Waals surface area contributed by atoms with Gasteiger partial charge in [-0.15, -0.1) is 11.8 Å². The molecule has 30 heavy (non-hydrogen) atoms. The molecular weight excluding hydrogens is 394 g/mol. The molecule has 3 aromatic rings. The van der Waals surface area contributed by atoms with Crippen LogP contribution in [0.1, 0.15) is 15.9 Å². The summed E-state index contributed by atoms with van der Waals surface area (Å²) in [5.41, 5.74) is 1.95. The monoisotopic (exact) mass is 413 g/mol. The van der Waals surface area contributed by atoms with Gasteiger partial charge >= 0.3 is 0 Å². The third-order valence-electron chi connectivity index (χ3n) is 4.03. The molecule has 0 atom stereocenters. The van der Waals surface area contributed by atoms with Gasteiger partial charge in [0.25, 0.3) is 11.8 Å². The molecule has 0 fully saturated rings. The molecule has 0 aliphatic carbocycles. The fourth-order valence-electron chi connectivity index (χ4n) is 2.64. The molecular formula is C24H19N3O2S. The van der Waals surface area contributed by atoms with Crippen molar-refractivity contribution in [2.45, 2.75) is 4.90 Å². The number of thioether (sulfide) groups is 1. The van der Waals surface area contributed by atoms with Gasteiger partial charge in [0.15, 0.2) is 0 Å². The van der Waals surface area contributed by atoms with Crippen LogP contribution in [0, 0.1) is 11.3 Å². The van der Waals surface area contributed by atoms with Crippen LogP contribution in [0.2, 0.25) is 0 Å². The molecule has 0 aliphatic rings. The highest BCUT2D eigenvalue weighted by molar-refractivity contribution is 7.99. The maximum Gasteiger partial charge on any atom is 0.272 e. The molecule has 2 N–H and O–H groups in total. The van der Waals surface area contributed by atoms with Gasteiger partial charge in [-0.25, -0.2) is 0 Å². The second-order valence-corrected chi connectivity index (χ2v) is 7.27. The van der Waals surface area contributed by atoms with E-state index < -0.39 is 5.91 Å². The zero-order valence-electron chi connectivity index (χ0n) is 16.0. The molecule has 5 nitrogen and oxygen atoms in total. The van der Waals surface area contributed by atoms with Crippen molar-refractivity contribution in [1.82, 2.24) is 5.32 Å². The third-order valence-corrected chi connectivity index (χ3v) is 4.90. The van der Waals surface area contributed by atoms with Crippen LogP contribution in [-0.2, 0) is 4.79 Å². The largest absolute Gasteiger partial charge is 0.321 e. The summed E-state index contributed by atoms with van der Waals surface area (Å²) in [5, 5.41) is 14.3. The van der Waals surface area contributed by atoms with Crippen LogP contribution in [0.4, 0.5) is 5.69 Å². The number of hydrogen-bond donors (Lipinski definition) is 2. The molecule has 2 amide bonds. The van der Waals surface area contributed by atoms with Gasteiger partial charge in [0.05, 0.1) is 11.8 Å². The summed E-state index contributed by atoms with van der Waals surface area (Å²) in [6.07, 6.45) is 1.63. The lowest BCUT2D eigenvalue weighted by Gasteiger charge is -2.12. The minimum absolute atomic E-state index is 0.130. The van der Waals surface area contributed by atoms with E-state index in [1.165, 1.54) is 11.8 Å². The van der Waals surface area contributed by atoms with E-state index in [0.717, 1.165) is 10.5 Å². The number of benzene rings is 3. The highest BCUT2D eigenvalue weighted by Crippen LogP contribution is 2.21. The Hall–Kier alpha value is -3.82. The predicted octanol–water partition coefficient (Wildman–Crippen LogP) is 4.71. The number of nitrogens with zero attached hydrogens (tertiary/aromatic N) is 1. The van der Waals surface area contributed by atoms with Crippen molar-refractivity contribution in [3.8, 4) is 6.07 Å². The van der Waals surface area contributed by atoms with Gasteiger partial charge in [0.1, 0.15) is 5.70 Å². The summed E-state index contributed by atoms with van der Waals surface area (Å²) < 4.78 is 0. The zero-order valence-corrected chi connectivity index (χ0v) is 16.9. The average Bonchev–Trinajstić information content (AvgIpc) is 2.78. The lowest BCUT2D eigenvalue weighted by Crippen LogP contribution is -2.30. The Bertz CT molecular complexity index is 1090. The maximum atomic E-state index is 13.0. The van der Waals surface area contributed by atoms with Crippen LogP contribution in [0.3, 0.4) is 0 Å². The summed E-state index contributed by atoms with van der Waals surface area (Å²) in [6.45, 7) is 0. The number of anilines is 1. The molecule has 0 saturated carbocycles. The summed E-state index contributed by atoms with van der Waals surface area (Å²) in [7, 11) is 0. The van der Waals surface area contributed by atoms with E-state index in [-0.39, 0.29) is 11.6 Å². The van der Waals surface area contributed by atoms with Gasteiger partial charge in [-0.05, 0) is 42.0 Å². The summed E-state index contributed by atoms with van der Waals surface area (Å²) >= 11 is 1.38. The average molecular weight is 414 g/mol. The normalized spacial score (nSPS) is 10.7. The first kappa shape index (κ1) is 20.9. The van der Waals surface area contributed by atoms with Crippen LogP contribution < -0.4 is 10.6 Å². The van der Waals surface area contributed by atoms with Gasteiger partial charge in [-0.2, -0.15) is 5.26 Å². The number of nitriles is 1. The Balaban J connectivity index is 1.83. The second-order valence-electron chi connectivity index (χ2n) is 6.22. The number of hydrogen-bond acceptors (Lipinski definition) is 4. The number of amides is 2. The van der Waals surface area contributed by atoms with Gasteiger partial charge in [-0.3, -0.25) is 9.59 Å². The standard InChI is InChI=1S/C24H19N3O2S/c25-14-15-30-21-13-7-12-20(17-21)26-24(29)22(16-18-8-3-1-4-9-18)27-23(28)19-10-5-2-6-11-19/h1-13,16-17H,15H2,(H,26,29)(H,27,28)/b22-16+. The molecule has 0 unspecified atom stereocenters. The van der Waals surface area contributed by atoms with Crippen molar-refractivity contribution in [3.63, 3.8) is 0 Å². The highest BCUT2D eigenvalue weighted by Gasteiger charge is 2.15. The van der Waals surface area contributed by atoms with E-state index >= 15 is 0 Å². The van der Waals surface area contributed by atoms with Crippen LogP contribution in [0.25, 0.3) is 6.08 Å². The SMILES string of the molecule is N#CCSc1cccc(NC(=O)/C(=C\c2ccccc2)NC(=O)c2ccccc2)c1. The minimum atomic E-state index is -0.439. The van der Waals surface area contributed by atoms with Gasteiger partial charge in [0, 0.05) is 16.1 Å². The second kappa shape index (κ2) is 10.6. The van der Waals surface area contributed by atoms with Gasteiger partial charge in [0.2, 0.25) is 0 Å². The molecule has 3 rings (SSSR count). The lowest BCUT2D eigenvalue weighted by atomic mass is 10.1. The predicted molar refractivity (Wildman–Crippen MR) is 120 cm³/mol. The van der Waals surface area contributed by atoms with Crippen molar-refractivity contribution >= 4 is 35.3 Å². The van der Waals surface area contributed by atoms with Crippen LogP contribution in [0.15, 0.2) is 95.5 Å². The smallest absolute Gasteiger partial charge is 0.272 e. The molecule has 0 radical (unpaired) electrons. The van der Waals surface area contributed by atoms with Crippen molar-refractivity contribution < 1.29 is 9.59 Å². The Morgan fingerprint density at radius 1 is 0.933 bits per heavy atom. The van der Waals surface area contributed by atoms with E-state index in [0.29, 0.717) is 17.0 Å².